The number of hydrogen-bond acceptors (Lipinski definition) is 4. The highest BCUT2D eigenvalue weighted by atomic mass is 16.2. The first-order valence-corrected chi connectivity index (χ1v) is 10.3. The topological polar surface area (TPSA) is 98.8 Å². The number of nitrogens with zero attached hydrogens (tertiary/aromatic N) is 2. The fourth-order valence-corrected chi connectivity index (χ4v) is 4.37. The van der Waals surface area contributed by atoms with Gasteiger partial charge in [-0.05, 0) is 44.4 Å². The van der Waals surface area contributed by atoms with E-state index < -0.39 is 22.9 Å². The number of amides is 5. The van der Waals surface area contributed by atoms with Crippen molar-refractivity contribution in [2.75, 3.05) is 13.1 Å². The SMILES string of the molecule is CC1CCC2(CC1)NC(=O)N(NC(=O)C1CCCN(C(=O)C(C)(C)C)C1)C2=O. The quantitative estimate of drug-likeness (QED) is 0.700. The Labute approximate surface area is 166 Å². The molecule has 0 bridgehead atoms. The van der Waals surface area contributed by atoms with E-state index in [-0.39, 0.29) is 17.7 Å². The first-order valence-electron chi connectivity index (χ1n) is 10.3. The highest BCUT2D eigenvalue weighted by Crippen LogP contribution is 2.36. The van der Waals surface area contributed by atoms with Crippen LogP contribution in [0.2, 0.25) is 0 Å². The molecular formula is C20H32N4O4. The molecule has 1 aliphatic carbocycles. The second-order valence-electron chi connectivity index (χ2n) is 9.65. The van der Waals surface area contributed by atoms with E-state index in [2.05, 4.69) is 17.7 Å². The Morgan fingerprint density at radius 2 is 1.79 bits per heavy atom. The molecule has 2 saturated heterocycles. The van der Waals surface area contributed by atoms with Crippen LogP contribution in [0.4, 0.5) is 4.79 Å². The van der Waals surface area contributed by atoms with E-state index in [4.69, 9.17) is 0 Å². The summed E-state index contributed by atoms with van der Waals surface area (Å²) in [6.45, 7) is 8.66. The first-order chi connectivity index (χ1) is 13.0. The lowest BCUT2D eigenvalue weighted by molar-refractivity contribution is -0.146. The van der Waals surface area contributed by atoms with Gasteiger partial charge in [-0.2, -0.15) is 5.01 Å². The molecule has 0 aromatic heterocycles. The third kappa shape index (κ3) is 3.86. The lowest BCUT2D eigenvalue weighted by atomic mass is 9.77. The molecule has 2 heterocycles. The van der Waals surface area contributed by atoms with Crippen LogP contribution in [-0.4, -0.2) is 52.3 Å². The molecule has 5 amide bonds. The van der Waals surface area contributed by atoms with E-state index in [1.54, 1.807) is 4.90 Å². The zero-order chi connectivity index (χ0) is 20.7. The van der Waals surface area contributed by atoms with Crippen molar-refractivity contribution in [2.24, 2.45) is 17.3 Å². The van der Waals surface area contributed by atoms with Crippen LogP contribution in [0, 0.1) is 17.3 Å². The van der Waals surface area contributed by atoms with Crippen molar-refractivity contribution in [3.05, 3.63) is 0 Å². The molecule has 156 valence electrons. The maximum absolute atomic E-state index is 12.9. The van der Waals surface area contributed by atoms with Gasteiger partial charge in [-0.15, -0.1) is 0 Å². The van der Waals surface area contributed by atoms with Crippen LogP contribution < -0.4 is 10.7 Å². The lowest BCUT2D eigenvalue weighted by Gasteiger charge is -2.36. The second kappa shape index (κ2) is 7.37. The molecule has 2 aliphatic heterocycles. The summed E-state index contributed by atoms with van der Waals surface area (Å²) < 4.78 is 0. The van der Waals surface area contributed by atoms with Crippen molar-refractivity contribution < 1.29 is 19.2 Å². The fourth-order valence-electron chi connectivity index (χ4n) is 4.37. The van der Waals surface area contributed by atoms with Gasteiger partial charge in [0.25, 0.3) is 5.91 Å². The Hall–Kier alpha value is -2.12. The summed E-state index contributed by atoms with van der Waals surface area (Å²) in [5.74, 6) is -0.626. The van der Waals surface area contributed by atoms with Gasteiger partial charge >= 0.3 is 6.03 Å². The average molecular weight is 393 g/mol. The van der Waals surface area contributed by atoms with Crippen LogP contribution in [0.25, 0.3) is 0 Å². The van der Waals surface area contributed by atoms with E-state index in [0.29, 0.717) is 38.3 Å². The standard InChI is InChI=1S/C20H32N4O4/c1-13-7-9-20(10-8-13)17(27)24(18(28)21-20)22-15(25)14-6-5-11-23(12-14)16(26)19(2,3)4/h13-14H,5-12H2,1-4H3,(H,21,28)(H,22,25). The van der Waals surface area contributed by atoms with Gasteiger partial charge < -0.3 is 10.2 Å². The van der Waals surface area contributed by atoms with E-state index in [1.165, 1.54) is 0 Å². The Morgan fingerprint density at radius 1 is 1.14 bits per heavy atom. The molecule has 8 heteroatoms. The van der Waals surface area contributed by atoms with Crippen LogP contribution in [-0.2, 0) is 14.4 Å². The fraction of sp³-hybridized carbons (Fsp3) is 0.800. The van der Waals surface area contributed by atoms with Gasteiger partial charge in [-0.25, -0.2) is 4.79 Å². The average Bonchev–Trinajstić information content (AvgIpc) is 2.87. The maximum atomic E-state index is 12.9. The highest BCUT2D eigenvalue weighted by Gasteiger charge is 2.53. The number of carbonyl (C=O) groups excluding carboxylic acids is 4. The van der Waals surface area contributed by atoms with Crippen LogP contribution in [0.15, 0.2) is 0 Å². The number of imide groups is 1. The van der Waals surface area contributed by atoms with Crippen molar-refractivity contribution in [3.63, 3.8) is 0 Å². The Morgan fingerprint density at radius 3 is 2.39 bits per heavy atom. The molecule has 1 unspecified atom stereocenters. The minimum absolute atomic E-state index is 0.00951. The molecule has 3 rings (SSSR count). The second-order valence-corrected chi connectivity index (χ2v) is 9.65. The van der Waals surface area contributed by atoms with Crippen molar-refractivity contribution in [3.8, 4) is 0 Å². The van der Waals surface area contributed by atoms with Gasteiger partial charge in [-0.3, -0.25) is 19.8 Å². The summed E-state index contributed by atoms with van der Waals surface area (Å²) in [4.78, 5) is 52.3. The van der Waals surface area contributed by atoms with Crippen LogP contribution in [0.5, 0.6) is 0 Å². The number of carbonyl (C=O) groups is 4. The monoisotopic (exact) mass is 392 g/mol. The van der Waals surface area contributed by atoms with Gasteiger partial charge in [0.05, 0.1) is 5.92 Å². The highest BCUT2D eigenvalue weighted by molar-refractivity contribution is 6.08. The number of hydrazine groups is 1. The van der Waals surface area contributed by atoms with Crippen molar-refractivity contribution in [1.82, 2.24) is 20.7 Å². The Balaban J connectivity index is 1.63. The van der Waals surface area contributed by atoms with E-state index in [0.717, 1.165) is 24.3 Å². The predicted octanol–water partition coefficient (Wildman–Crippen LogP) is 1.80. The summed E-state index contributed by atoms with van der Waals surface area (Å²) in [5, 5.41) is 3.65. The van der Waals surface area contributed by atoms with E-state index >= 15 is 0 Å². The molecule has 8 nitrogen and oxygen atoms in total. The molecule has 3 aliphatic rings. The molecule has 0 aromatic carbocycles. The molecule has 1 saturated carbocycles. The molecule has 28 heavy (non-hydrogen) atoms. The van der Waals surface area contributed by atoms with Crippen molar-refractivity contribution >= 4 is 23.8 Å². The molecule has 1 atom stereocenters. The van der Waals surface area contributed by atoms with Gasteiger partial charge in [-0.1, -0.05) is 27.7 Å². The van der Waals surface area contributed by atoms with Crippen LogP contribution >= 0.6 is 0 Å². The minimum atomic E-state index is -0.877. The number of nitrogens with one attached hydrogen (secondary N) is 2. The number of urea groups is 1. The van der Waals surface area contributed by atoms with Crippen molar-refractivity contribution in [2.45, 2.75) is 71.8 Å². The molecule has 2 N–H and O–H groups in total. The van der Waals surface area contributed by atoms with Crippen LogP contribution in [0.3, 0.4) is 0 Å². The lowest BCUT2D eigenvalue weighted by Crippen LogP contribution is -2.54. The van der Waals surface area contributed by atoms with Gasteiger partial charge in [0.1, 0.15) is 5.54 Å². The van der Waals surface area contributed by atoms with Crippen LogP contribution in [0.1, 0.15) is 66.2 Å². The Kier molecular flexibility index (Phi) is 5.42. The first kappa shape index (κ1) is 20.6. The van der Waals surface area contributed by atoms with E-state index in [9.17, 15) is 19.2 Å². The molecule has 1 spiro atoms. The zero-order valence-electron chi connectivity index (χ0n) is 17.3. The predicted molar refractivity (Wildman–Crippen MR) is 103 cm³/mol. The normalized spacial score (nSPS) is 31.1. The van der Waals surface area contributed by atoms with Gasteiger partial charge in [0.2, 0.25) is 11.8 Å². The molecule has 0 aromatic rings. The largest absolute Gasteiger partial charge is 0.344 e. The maximum Gasteiger partial charge on any atom is 0.344 e. The number of likely N-dealkylation sites (tertiary alicyclic amines) is 1. The summed E-state index contributed by atoms with van der Waals surface area (Å²) in [6, 6.07) is -0.564. The van der Waals surface area contributed by atoms with Crippen molar-refractivity contribution in [1.29, 1.82) is 0 Å². The number of piperidine rings is 1. The molecule has 0 radical (unpaired) electrons. The summed E-state index contributed by atoms with van der Waals surface area (Å²) in [7, 11) is 0. The van der Waals surface area contributed by atoms with Gasteiger partial charge in [0, 0.05) is 18.5 Å². The molecular weight excluding hydrogens is 360 g/mol. The summed E-state index contributed by atoms with van der Waals surface area (Å²) in [5.41, 5.74) is 1.14. The third-order valence-electron chi connectivity index (χ3n) is 6.23. The summed E-state index contributed by atoms with van der Waals surface area (Å²) >= 11 is 0. The Bertz CT molecular complexity index is 676. The third-order valence-corrected chi connectivity index (χ3v) is 6.23. The molecule has 3 fully saturated rings. The minimum Gasteiger partial charge on any atom is -0.341 e. The number of rotatable bonds is 2. The van der Waals surface area contributed by atoms with E-state index in [1.807, 2.05) is 20.8 Å². The zero-order valence-corrected chi connectivity index (χ0v) is 17.3. The smallest absolute Gasteiger partial charge is 0.341 e. The summed E-state index contributed by atoms with van der Waals surface area (Å²) in [6.07, 6.45) is 4.30. The number of hydrogen-bond donors (Lipinski definition) is 2. The van der Waals surface area contributed by atoms with Gasteiger partial charge in [0.15, 0.2) is 0 Å².